The van der Waals surface area contributed by atoms with Crippen molar-refractivity contribution in [1.29, 1.82) is 0 Å². The van der Waals surface area contributed by atoms with Crippen molar-refractivity contribution in [1.82, 2.24) is 10.3 Å². The first-order chi connectivity index (χ1) is 9.16. The molecule has 1 aliphatic rings. The van der Waals surface area contributed by atoms with Gasteiger partial charge in [0, 0.05) is 0 Å². The van der Waals surface area contributed by atoms with Crippen molar-refractivity contribution in [2.24, 2.45) is 0 Å². The van der Waals surface area contributed by atoms with Crippen molar-refractivity contribution in [2.45, 2.75) is 19.4 Å². The Morgan fingerprint density at radius 2 is 1.60 bits per heavy atom. The van der Waals surface area contributed by atoms with Crippen molar-refractivity contribution in [3.63, 3.8) is 0 Å². The van der Waals surface area contributed by atoms with E-state index in [4.69, 9.17) is 0 Å². The van der Waals surface area contributed by atoms with Crippen LogP contribution in [0.15, 0.2) is 0 Å². The summed E-state index contributed by atoms with van der Waals surface area (Å²) in [6, 6.07) is 0. The van der Waals surface area contributed by atoms with E-state index >= 15 is 0 Å². The SMILES string of the molecule is CC1(C)C(=O)NC(=O)CN1c1c(F)c(F)nc(F)c1F. The molecule has 0 atom stereocenters. The molecule has 0 unspecified atom stereocenters. The Balaban J connectivity index is 2.66. The molecular weight excluding hydrogens is 282 g/mol. The van der Waals surface area contributed by atoms with E-state index in [-0.39, 0.29) is 0 Å². The molecule has 9 heteroatoms. The van der Waals surface area contributed by atoms with Crippen LogP contribution in [0.3, 0.4) is 0 Å². The quantitative estimate of drug-likeness (QED) is 0.474. The van der Waals surface area contributed by atoms with Gasteiger partial charge in [-0.1, -0.05) is 0 Å². The van der Waals surface area contributed by atoms with E-state index in [1.54, 1.807) is 0 Å². The van der Waals surface area contributed by atoms with Gasteiger partial charge >= 0.3 is 0 Å². The zero-order valence-corrected chi connectivity index (χ0v) is 10.4. The highest BCUT2D eigenvalue weighted by atomic mass is 19.2. The Hall–Kier alpha value is -2.19. The Morgan fingerprint density at radius 1 is 1.10 bits per heavy atom. The molecule has 20 heavy (non-hydrogen) atoms. The molecule has 2 heterocycles. The summed E-state index contributed by atoms with van der Waals surface area (Å²) in [6.07, 6.45) is 0. The fraction of sp³-hybridized carbons (Fsp3) is 0.364. The van der Waals surface area contributed by atoms with E-state index in [0.29, 0.717) is 4.90 Å². The molecule has 1 aliphatic heterocycles. The van der Waals surface area contributed by atoms with Gasteiger partial charge in [-0.05, 0) is 13.8 Å². The summed E-state index contributed by atoms with van der Waals surface area (Å²) < 4.78 is 53.6. The number of pyridine rings is 1. The lowest BCUT2D eigenvalue weighted by molar-refractivity contribution is -0.135. The van der Waals surface area contributed by atoms with Crippen LogP contribution in [-0.2, 0) is 9.59 Å². The molecule has 0 saturated carbocycles. The Morgan fingerprint density at radius 3 is 2.10 bits per heavy atom. The minimum Gasteiger partial charge on any atom is -0.343 e. The van der Waals surface area contributed by atoms with Gasteiger partial charge in [-0.3, -0.25) is 14.9 Å². The average Bonchev–Trinajstić information content (AvgIpc) is 2.33. The number of piperazine rings is 1. The predicted octanol–water partition coefficient (Wildman–Crippen LogP) is 0.879. The molecule has 0 bridgehead atoms. The van der Waals surface area contributed by atoms with Crippen LogP contribution in [0.1, 0.15) is 13.8 Å². The smallest absolute Gasteiger partial charge is 0.253 e. The number of carbonyl (C=O) groups excluding carboxylic acids is 2. The van der Waals surface area contributed by atoms with E-state index < -0.39 is 53.1 Å². The standard InChI is InChI=1S/C11H9F4N3O2/c1-11(2)10(20)16-4(19)3-18(11)7-5(12)8(14)17-9(15)6(7)13/h3H2,1-2H3,(H,16,19,20). The molecule has 1 saturated heterocycles. The van der Waals surface area contributed by atoms with E-state index in [9.17, 15) is 27.2 Å². The number of aromatic nitrogens is 1. The number of carbonyl (C=O) groups is 2. The van der Waals surface area contributed by atoms with Crippen LogP contribution >= 0.6 is 0 Å². The monoisotopic (exact) mass is 291 g/mol. The lowest BCUT2D eigenvalue weighted by Gasteiger charge is -2.41. The number of imide groups is 1. The molecule has 108 valence electrons. The van der Waals surface area contributed by atoms with Crippen LogP contribution < -0.4 is 10.2 Å². The molecule has 0 aliphatic carbocycles. The van der Waals surface area contributed by atoms with Gasteiger partial charge in [0.25, 0.3) is 17.8 Å². The zero-order chi connectivity index (χ0) is 15.2. The van der Waals surface area contributed by atoms with Crippen LogP contribution in [0, 0.1) is 23.5 Å². The van der Waals surface area contributed by atoms with Gasteiger partial charge in [0.15, 0.2) is 0 Å². The number of nitrogens with one attached hydrogen (secondary N) is 1. The number of anilines is 1. The topological polar surface area (TPSA) is 62.3 Å². The van der Waals surface area contributed by atoms with Crippen LogP contribution in [0.4, 0.5) is 23.2 Å². The number of hydrogen-bond donors (Lipinski definition) is 1. The molecule has 2 amide bonds. The Labute approximate surface area is 110 Å². The lowest BCUT2D eigenvalue weighted by Crippen LogP contribution is -2.64. The van der Waals surface area contributed by atoms with E-state index in [1.165, 1.54) is 13.8 Å². The molecule has 1 aromatic rings. The van der Waals surface area contributed by atoms with Crippen LogP contribution in [0.2, 0.25) is 0 Å². The zero-order valence-electron chi connectivity index (χ0n) is 10.4. The second kappa shape index (κ2) is 4.43. The summed E-state index contributed by atoms with van der Waals surface area (Å²) in [5.41, 5.74) is -2.71. The minimum absolute atomic E-state index is 0.629. The number of nitrogens with zero attached hydrogens (tertiary/aromatic N) is 2. The Kier molecular flexibility index (Phi) is 3.15. The first-order valence-corrected chi connectivity index (χ1v) is 5.48. The van der Waals surface area contributed by atoms with Gasteiger partial charge in [0.2, 0.25) is 17.5 Å². The van der Waals surface area contributed by atoms with E-state index in [0.717, 1.165) is 0 Å². The molecule has 0 radical (unpaired) electrons. The summed E-state index contributed by atoms with van der Waals surface area (Å²) in [6.45, 7) is 1.88. The number of rotatable bonds is 1. The minimum atomic E-state index is -1.85. The Bertz CT molecular complexity index is 592. The van der Waals surface area contributed by atoms with Crippen LogP contribution in [0.5, 0.6) is 0 Å². The second-order valence-corrected chi connectivity index (χ2v) is 4.69. The van der Waals surface area contributed by atoms with Crippen molar-refractivity contribution < 1.29 is 27.2 Å². The maximum absolute atomic E-state index is 13.7. The highest BCUT2D eigenvalue weighted by Crippen LogP contribution is 2.32. The molecule has 1 fully saturated rings. The fourth-order valence-corrected chi connectivity index (χ4v) is 1.85. The fourth-order valence-electron chi connectivity index (χ4n) is 1.85. The molecule has 2 rings (SSSR count). The number of hydrogen-bond acceptors (Lipinski definition) is 4. The molecule has 0 spiro atoms. The van der Waals surface area contributed by atoms with E-state index in [2.05, 4.69) is 4.98 Å². The molecule has 5 nitrogen and oxygen atoms in total. The van der Waals surface area contributed by atoms with Gasteiger partial charge < -0.3 is 4.90 Å². The highest BCUT2D eigenvalue weighted by molar-refractivity contribution is 6.06. The molecule has 1 aromatic heterocycles. The second-order valence-electron chi connectivity index (χ2n) is 4.69. The first kappa shape index (κ1) is 14.2. The lowest BCUT2D eigenvalue weighted by atomic mass is 9.97. The summed E-state index contributed by atoms with van der Waals surface area (Å²) in [5.74, 6) is -8.92. The van der Waals surface area contributed by atoms with Crippen LogP contribution in [-0.4, -0.2) is 28.9 Å². The van der Waals surface area contributed by atoms with Gasteiger partial charge in [-0.2, -0.15) is 22.5 Å². The molecule has 1 N–H and O–H groups in total. The third-order valence-electron chi connectivity index (χ3n) is 3.03. The summed E-state index contributed by atoms with van der Waals surface area (Å²) in [7, 11) is 0. The van der Waals surface area contributed by atoms with Crippen molar-refractivity contribution >= 4 is 17.5 Å². The largest absolute Gasteiger partial charge is 0.343 e. The normalized spacial score (nSPS) is 18.2. The van der Waals surface area contributed by atoms with Gasteiger partial charge in [-0.25, -0.2) is 0 Å². The van der Waals surface area contributed by atoms with Gasteiger partial charge in [0.1, 0.15) is 11.2 Å². The maximum Gasteiger partial charge on any atom is 0.253 e. The number of amides is 2. The van der Waals surface area contributed by atoms with Crippen molar-refractivity contribution in [2.75, 3.05) is 11.4 Å². The van der Waals surface area contributed by atoms with Crippen molar-refractivity contribution in [3.8, 4) is 0 Å². The summed E-state index contributed by atoms with van der Waals surface area (Å²) in [5, 5.41) is 1.97. The average molecular weight is 291 g/mol. The molecule has 0 aromatic carbocycles. The maximum atomic E-state index is 13.7. The summed E-state index contributed by atoms with van der Waals surface area (Å²) >= 11 is 0. The first-order valence-electron chi connectivity index (χ1n) is 5.48. The van der Waals surface area contributed by atoms with E-state index in [1.807, 2.05) is 5.32 Å². The molecular formula is C11H9F4N3O2. The van der Waals surface area contributed by atoms with Crippen LogP contribution in [0.25, 0.3) is 0 Å². The van der Waals surface area contributed by atoms with Crippen molar-refractivity contribution in [3.05, 3.63) is 23.5 Å². The third-order valence-corrected chi connectivity index (χ3v) is 3.03. The third kappa shape index (κ3) is 1.98. The predicted molar refractivity (Wildman–Crippen MR) is 58.6 cm³/mol. The van der Waals surface area contributed by atoms with Gasteiger partial charge in [0.05, 0.1) is 6.54 Å². The number of halogens is 4. The summed E-state index contributed by atoms with van der Waals surface area (Å²) in [4.78, 5) is 26.1. The highest BCUT2D eigenvalue weighted by Gasteiger charge is 2.44. The van der Waals surface area contributed by atoms with Gasteiger partial charge in [-0.15, -0.1) is 0 Å².